The Bertz CT molecular complexity index is 2700. The van der Waals surface area contributed by atoms with Gasteiger partial charge in [0.05, 0.1) is 33.3 Å². The number of benzene rings is 4. The van der Waals surface area contributed by atoms with Crippen LogP contribution in [0.15, 0.2) is 97.1 Å². The Hall–Kier alpha value is -5.71. The standard InChI is InChI=1S/C26H29N3O3.C21H21N3O/c1-17-27-21-15-19(9-10-23(21)28(17)20-11-13-31-14-12-20)24-16-18-7-5-6-8-22(18)29(24)25(30)32-26(2,3)4;1-14-22-20-13-16(19-12-15-4-2-3-5-18(15)23-19)6-7-21(20)24(14)17-8-10-25-11-9-17/h5-10,15-16,20H,11-14H2,1-4H3;2-7,12-13,17,23H,8-11H2,1H3. The van der Waals surface area contributed by atoms with Gasteiger partial charge in [0.15, 0.2) is 0 Å². The predicted octanol–water partition coefficient (Wildman–Crippen LogP) is 10.9. The van der Waals surface area contributed by atoms with Crippen molar-refractivity contribution in [3.05, 3.63) is 109 Å². The van der Waals surface area contributed by atoms with Crippen molar-refractivity contribution in [2.75, 3.05) is 26.4 Å². The first-order chi connectivity index (χ1) is 27.6. The maximum atomic E-state index is 13.2. The van der Waals surface area contributed by atoms with Crippen LogP contribution in [0.1, 0.15) is 70.2 Å². The fourth-order valence-corrected chi connectivity index (χ4v) is 8.67. The molecule has 10 nitrogen and oxygen atoms in total. The normalized spacial score (nSPS) is 15.7. The fraction of sp³-hybridized carbons (Fsp3) is 0.340. The van der Waals surface area contributed by atoms with E-state index >= 15 is 0 Å². The summed E-state index contributed by atoms with van der Waals surface area (Å²) < 4.78 is 23.2. The van der Waals surface area contributed by atoms with Crippen LogP contribution in [0, 0.1) is 13.8 Å². The zero-order chi connectivity index (χ0) is 39.3. The number of ether oxygens (including phenoxy) is 3. The van der Waals surface area contributed by atoms with Gasteiger partial charge in [-0.05, 0) is 109 Å². The number of aryl methyl sites for hydroxylation is 2. The van der Waals surface area contributed by atoms with Crippen molar-refractivity contribution in [3.63, 3.8) is 0 Å². The molecule has 0 bridgehead atoms. The summed E-state index contributed by atoms with van der Waals surface area (Å²) in [6.45, 7) is 13.1. The van der Waals surface area contributed by atoms with E-state index in [0.29, 0.717) is 12.1 Å². The minimum absolute atomic E-state index is 0.377. The van der Waals surface area contributed by atoms with E-state index in [1.165, 1.54) is 22.0 Å². The molecular formula is C47H50N6O4. The Morgan fingerprint density at radius 1 is 0.667 bits per heavy atom. The number of para-hydroxylation sites is 2. The molecule has 10 heteroatoms. The van der Waals surface area contributed by atoms with Gasteiger partial charge < -0.3 is 28.3 Å². The Morgan fingerprint density at radius 3 is 1.81 bits per heavy atom. The van der Waals surface area contributed by atoms with Crippen molar-refractivity contribution < 1.29 is 19.0 Å². The molecule has 1 N–H and O–H groups in total. The zero-order valence-electron chi connectivity index (χ0n) is 33.4. The predicted molar refractivity (Wildman–Crippen MR) is 227 cm³/mol. The summed E-state index contributed by atoms with van der Waals surface area (Å²) in [7, 11) is 0. The molecule has 4 aromatic carbocycles. The van der Waals surface area contributed by atoms with Gasteiger partial charge in [-0.15, -0.1) is 0 Å². The third-order valence-corrected chi connectivity index (χ3v) is 11.3. The Balaban J connectivity index is 0.000000153. The Kier molecular flexibility index (Phi) is 9.70. The minimum Gasteiger partial charge on any atom is -0.443 e. The summed E-state index contributed by atoms with van der Waals surface area (Å²) in [5, 5.41) is 2.24. The molecule has 0 unspecified atom stereocenters. The highest BCUT2D eigenvalue weighted by molar-refractivity contribution is 5.97. The van der Waals surface area contributed by atoms with Gasteiger partial charge in [-0.3, -0.25) is 0 Å². The van der Waals surface area contributed by atoms with Crippen LogP contribution < -0.4 is 0 Å². The zero-order valence-corrected chi connectivity index (χ0v) is 33.4. The van der Waals surface area contributed by atoms with Gasteiger partial charge in [0.2, 0.25) is 0 Å². The molecule has 2 aliphatic rings. The fourth-order valence-electron chi connectivity index (χ4n) is 8.67. The molecule has 2 aliphatic heterocycles. The number of imidazole rings is 2. The Morgan fingerprint density at radius 2 is 1.21 bits per heavy atom. The van der Waals surface area contributed by atoms with Crippen LogP contribution in [0.4, 0.5) is 4.79 Å². The molecule has 0 atom stereocenters. The maximum Gasteiger partial charge on any atom is 0.419 e. The lowest BCUT2D eigenvalue weighted by Gasteiger charge is -2.25. The number of fused-ring (bicyclic) bond motifs is 4. The van der Waals surface area contributed by atoms with Gasteiger partial charge >= 0.3 is 6.09 Å². The van der Waals surface area contributed by atoms with Crippen molar-refractivity contribution >= 4 is 50.0 Å². The van der Waals surface area contributed by atoms with Crippen LogP contribution in [0.3, 0.4) is 0 Å². The molecule has 0 radical (unpaired) electrons. The van der Waals surface area contributed by atoms with Gasteiger partial charge in [-0.2, -0.15) is 0 Å². The van der Waals surface area contributed by atoms with Crippen molar-refractivity contribution in [1.82, 2.24) is 28.7 Å². The van der Waals surface area contributed by atoms with E-state index in [2.05, 4.69) is 94.7 Å². The van der Waals surface area contributed by atoms with Gasteiger partial charge in [-0.1, -0.05) is 48.5 Å². The molecule has 8 aromatic rings. The summed E-state index contributed by atoms with van der Waals surface area (Å²) in [4.78, 5) is 26.4. The second-order valence-corrected chi connectivity index (χ2v) is 16.3. The lowest BCUT2D eigenvalue weighted by molar-refractivity contribution is 0.0547. The van der Waals surface area contributed by atoms with E-state index in [1.807, 2.05) is 51.1 Å². The van der Waals surface area contributed by atoms with E-state index in [-0.39, 0.29) is 6.09 Å². The van der Waals surface area contributed by atoms with Crippen LogP contribution in [-0.2, 0) is 14.2 Å². The second-order valence-electron chi connectivity index (χ2n) is 16.3. The first-order valence-corrected chi connectivity index (χ1v) is 20.2. The average molecular weight is 763 g/mol. The molecule has 2 fully saturated rings. The smallest absolute Gasteiger partial charge is 0.419 e. The Labute approximate surface area is 332 Å². The van der Waals surface area contributed by atoms with Gasteiger partial charge in [0.1, 0.15) is 17.2 Å². The summed E-state index contributed by atoms with van der Waals surface area (Å²) >= 11 is 0. The number of hydrogen-bond donors (Lipinski definition) is 1. The van der Waals surface area contributed by atoms with Gasteiger partial charge in [0.25, 0.3) is 0 Å². The quantitative estimate of drug-likeness (QED) is 0.192. The molecular weight excluding hydrogens is 713 g/mol. The summed E-state index contributed by atoms with van der Waals surface area (Å²) in [5.74, 6) is 2.10. The molecule has 292 valence electrons. The van der Waals surface area contributed by atoms with Crippen LogP contribution in [-0.4, -0.2) is 66.8 Å². The molecule has 4 aromatic heterocycles. The van der Waals surface area contributed by atoms with E-state index in [4.69, 9.17) is 24.2 Å². The van der Waals surface area contributed by atoms with E-state index in [1.54, 1.807) is 4.57 Å². The van der Waals surface area contributed by atoms with Crippen molar-refractivity contribution in [1.29, 1.82) is 0 Å². The molecule has 0 saturated carbocycles. The SMILES string of the molecule is Cc1nc2cc(-c3cc4ccccc4[nH]3)ccc2n1C1CCOCC1.Cc1nc2cc(-c3cc4ccccc4n3C(=O)OC(C)(C)C)ccc2n1C1CCOCC1. The lowest BCUT2D eigenvalue weighted by Crippen LogP contribution is -2.27. The summed E-state index contributed by atoms with van der Waals surface area (Å²) in [6.07, 6.45) is 3.76. The number of nitrogens with one attached hydrogen (secondary N) is 1. The highest BCUT2D eigenvalue weighted by Gasteiger charge is 2.25. The molecule has 0 spiro atoms. The number of H-pyrrole nitrogens is 1. The number of aromatic amines is 1. The van der Waals surface area contributed by atoms with Crippen LogP contribution in [0.2, 0.25) is 0 Å². The molecule has 57 heavy (non-hydrogen) atoms. The molecule has 10 rings (SSSR count). The molecule has 0 aliphatic carbocycles. The number of rotatable bonds is 4. The van der Waals surface area contributed by atoms with Crippen molar-refractivity contribution in [3.8, 4) is 22.5 Å². The molecule has 2 saturated heterocycles. The number of carbonyl (C=O) groups is 1. The number of nitrogens with zero attached hydrogens (tertiary/aromatic N) is 5. The summed E-state index contributed by atoms with van der Waals surface area (Å²) in [5.41, 5.74) is 9.85. The number of hydrogen-bond acceptors (Lipinski definition) is 6. The molecule has 6 heterocycles. The first-order valence-electron chi connectivity index (χ1n) is 20.2. The highest BCUT2D eigenvalue weighted by atomic mass is 16.6. The lowest BCUT2D eigenvalue weighted by atomic mass is 10.1. The highest BCUT2D eigenvalue weighted by Crippen LogP contribution is 2.35. The van der Waals surface area contributed by atoms with Crippen LogP contribution >= 0.6 is 0 Å². The van der Waals surface area contributed by atoms with Crippen LogP contribution in [0.5, 0.6) is 0 Å². The van der Waals surface area contributed by atoms with Crippen LogP contribution in [0.25, 0.3) is 66.4 Å². The number of aromatic nitrogens is 6. The monoisotopic (exact) mass is 762 g/mol. The topological polar surface area (TPSA) is 101 Å². The van der Waals surface area contributed by atoms with E-state index < -0.39 is 5.60 Å². The largest absolute Gasteiger partial charge is 0.443 e. The average Bonchev–Trinajstić information content (AvgIpc) is 3.98. The molecule has 0 amide bonds. The second kappa shape index (κ2) is 15.0. The third kappa shape index (κ3) is 7.24. The van der Waals surface area contributed by atoms with Gasteiger partial charge in [-0.25, -0.2) is 19.3 Å². The van der Waals surface area contributed by atoms with Gasteiger partial charge in [0, 0.05) is 71.6 Å². The summed E-state index contributed by atoms with van der Waals surface area (Å²) in [6, 6.07) is 34.3. The van der Waals surface area contributed by atoms with E-state index in [9.17, 15) is 4.79 Å². The van der Waals surface area contributed by atoms with Crippen molar-refractivity contribution in [2.45, 2.75) is 78.0 Å². The maximum absolute atomic E-state index is 13.2. The minimum atomic E-state index is -0.580. The third-order valence-electron chi connectivity index (χ3n) is 11.3. The van der Waals surface area contributed by atoms with E-state index in [0.717, 1.165) is 108 Å². The van der Waals surface area contributed by atoms with Crippen molar-refractivity contribution in [2.24, 2.45) is 0 Å². The first kappa shape index (κ1) is 36.9. The number of carbonyl (C=O) groups excluding carboxylic acids is 1.